The highest BCUT2D eigenvalue weighted by Crippen LogP contribution is 2.17. The van der Waals surface area contributed by atoms with Gasteiger partial charge in [0, 0.05) is 13.1 Å². The van der Waals surface area contributed by atoms with E-state index >= 15 is 0 Å². The van der Waals surface area contributed by atoms with Crippen LogP contribution in [-0.4, -0.2) is 30.8 Å². The molecular formula is C16H22N2O. The molecule has 0 aliphatic carbocycles. The van der Waals surface area contributed by atoms with Crippen molar-refractivity contribution in [2.75, 3.05) is 19.6 Å². The third-order valence-electron chi connectivity index (χ3n) is 3.30. The van der Waals surface area contributed by atoms with E-state index < -0.39 is 6.10 Å². The van der Waals surface area contributed by atoms with E-state index in [1.807, 2.05) is 0 Å². The molecule has 19 heavy (non-hydrogen) atoms. The summed E-state index contributed by atoms with van der Waals surface area (Å²) in [7, 11) is 0. The first-order chi connectivity index (χ1) is 9.19. The summed E-state index contributed by atoms with van der Waals surface area (Å²) < 4.78 is 0. The number of hydrogen-bond donors (Lipinski definition) is 3. The third kappa shape index (κ3) is 4.03. The smallest absolute Gasteiger partial charge is 0.0786 e. The number of benzene rings is 2. The Hall–Kier alpha value is -1.42. The molecule has 102 valence electrons. The van der Waals surface area contributed by atoms with E-state index in [2.05, 4.69) is 48.6 Å². The van der Waals surface area contributed by atoms with Gasteiger partial charge in [-0.15, -0.1) is 0 Å². The van der Waals surface area contributed by atoms with Gasteiger partial charge in [0.2, 0.25) is 0 Å². The Balaban J connectivity index is 1.92. The predicted molar refractivity (Wildman–Crippen MR) is 80.3 cm³/mol. The van der Waals surface area contributed by atoms with Gasteiger partial charge in [0.15, 0.2) is 0 Å². The molecule has 0 radical (unpaired) electrons. The molecule has 0 spiro atoms. The van der Waals surface area contributed by atoms with Crippen molar-refractivity contribution in [2.24, 2.45) is 5.73 Å². The van der Waals surface area contributed by atoms with Gasteiger partial charge < -0.3 is 16.2 Å². The quantitative estimate of drug-likeness (QED) is 0.690. The number of rotatable bonds is 6. The van der Waals surface area contributed by atoms with Gasteiger partial charge in [0.1, 0.15) is 0 Å². The van der Waals surface area contributed by atoms with Gasteiger partial charge in [0.05, 0.1) is 6.10 Å². The SMILES string of the molecule is Cc1ccc2cc(CCNCC(O)CN)ccc2c1. The highest BCUT2D eigenvalue weighted by molar-refractivity contribution is 5.83. The van der Waals surface area contributed by atoms with Crippen LogP contribution in [0.2, 0.25) is 0 Å². The summed E-state index contributed by atoms with van der Waals surface area (Å²) in [6, 6.07) is 13.1. The molecule has 0 heterocycles. The lowest BCUT2D eigenvalue weighted by atomic mass is 10.0. The average molecular weight is 258 g/mol. The van der Waals surface area contributed by atoms with Crippen LogP contribution in [0.1, 0.15) is 11.1 Å². The Labute approximate surface area is 114 Å². The summed E-state index contributed by atoms with van der Waals surface area (Å²) in [5.74, 6) is 0. The van der Waals surface area contributed by atoms with Gasteiger partial charge in [-0.05, 0) is 36.2 Å². The fourth-order valence-corrected chi connectivity index (χ4v) is 2.15. The number of nitrogens with two attached hydrogens (primary N) is 1. The van der Waals surface area contributed by atoms with Crippen molar-refractivity contribution in [2.45, 2.75) is 19.4 Å². The molecule has 0 saturated carbocycles. The largest absolute Gasteiger partial charge is 0.390 e. The molecule has 3 heteroatoms. The van der Waals surface area contributed by atoms with E-state index in [9.17, 15) is 5.11 Å². The zero-order valence-corrected chi connectivity index (χ0v) is 11.4. The predicted octanol–water partition coefficient (Wildman–Crippen LogP) is 1.60. The first kappa shape index (κ1) is 14.0. The number of hydrogen-bond acceptors (Lipinski definition) is 3. The molecule has 0 aromatic heterocycles. The molecule has 3 nitrogen and oxygen atoms in total. The lowest BCUT2D eigenvalue weighted by Gasteiger charge is -2.09. The van der Waals surface area contributed by atoms with E-state index in [4.69, 9.17) is 5.73 Å². The van der Waals surface area contributed by atoms with Crippen LogP contribution < -0.4 is 11.1 Å². The van der Waals surface area contributed by atoms with Crippen LogP contribution in [-0.2, 0) is 6.42 Å². The van der Waals surface area contributed by atoms with Crippen molar-refractivity contribution in [1.82, 2.24) is 5.32 Å². The van der Waals surface area contributed by atoms with Crippen molar-refractivity contribution < 1.29 is 5.11 Å². The second-order valence-corrected chi connectivity index (χ2v) is 5.03. The van der Waals surface area contributed by atoms with Crippen molar-refractivity contribution in [3.8, 4) is 0 Å². The summed E-state index contributed by atoms with van der Waals surface area (Å²) in [5.41, 5.74) is 7.95. The van der Waals surface area contributed by atoms with Crippen LogP contribution >= 0.6 is 0 Å². The Bertz CT molecular complexity index is 539. The maximum atomic E-state index is 9.33. The first-order valence-corrected chi connectivity index (χ1v) is 6.77. The van der Waals surface area contributed by atoms with Crippen LogP contribution in [0.4, 0.5) is 0 Å². The Kier molecular flexibility index (Phi) is 4.91. The molecule has 0 bridgehead atoms. The average Bonchev–Trinajstić information content (AvgIpc) is 2.43. The maximum absolute atomic E-state index is 9.33. The lowest BCUT2D eigenvalue weighted by molar-refractivity contribution is 0.180. The van der Waals surface area contributed by atoms with E-state index in [1.54, 1.807) is 0 Å². The fraction of sp³-hybridized carbons (Fsp3) is 0.375. The minimum Gasteiger partial charge on any atom is -0.390 e. The summed E-state index contributed by atoms with van der Waals surface area (Å²) in [6.07, 6.45) is 0.515. The van der Waals surface area contributed by atoms with Crippen LogP contribution in [0.15, 0.2) is 36.4 Å². The van der Waals surface area contributed by atoms with Gasteiger partial charge in [-0.3, -0.25) is 0 Å². The standard InChI is InChI=1S/C16H22N2O/c1-12-2-4-15-9-13(3-5-14(15)8-12)6-7-18-11-16(19)10-17/h2-5,8-9,16,18-19H,6-7,10-11,17H2,1H3. The van der Waals surface area contributed by atoms with Crippen LogP contribution in [0.5, 0.6) is 0 Å². The van der Waals surface area contributed by atoms with Crippen molar-refractivity contribution in [3.63, 3.8) is 0 Å². The van der Waals surface area contributed by atoms with Gasteiger partial charge in [-0.1, -0.05) is 42.0 Å². The normalized spacial score (nSPS) is 12.8. The van der Waals surface area contributed by atoms with Crippen LogP contribution in [0.25, 0.3) is 10.8 Å². The topological polar surface area (TPSA) is 58.3 Å². The highest BCUT2D eigenvalue weighted by atomic mass is 16.3. The highest BCUT2D eigenvalue weighted by Gasteiger charge is 2.00. The molecule has 0 fully saturated rings. The number of aliphatic hydroxyl groups excluding tert-OH is 1. The molecule has 2 rings (SSSR count). The first-order valence-electron chi connectivity index (χ1n) is 6.77. The van der Waals surface area contributed by atoms with E-state index in [1.165, 1.54) is 21.9 Å². The Morgan fingerprint density at radius 3 is 2.68 bits per heavy atom. The summed E-state index contributed by atoms with van der Waals surface area (Å²) in [6.45, 7) is 3.83. The monoisotopic (exact) mass is 258 g/mol. The van der Waals surface area contributed by atoms with Gasteiger partial charge >= 0.3 is 0 Å². The Morgan fingerprint density at radius 2 is 1.89 bits per heavy atom. The number of aliphatic hydroxyl groups is 1. The molecule has 4 N–H and O–H groups in total. The van der Waals surface area contributed by atoms with Crippen LogP contribution in [0.3, 0.4) is 0 Å². The molecule has 0 aliphatic rings. The summed E-state index contributed by atoms with van der Waals surface area (Å²) >= 11 is 0. The third-order valence-corrected chi connectivity index (χ3v) is 3.30. The molecule has 0 saturated heterocycles. The van der Waals surface area contributed by atoms with Gasteiger partial charge in [-0.2, -0.15) is 0 Å². The minimum absolute atomic E-state index is 0.308. The minimum atomic E-state index is -0.445. The van der Waals surface area contributed by atoms with Crippen molar-refractivity contribution in [3.05, 3.63) is 47.5 Å². The lowest BCUT2D eigenvalue weighted by Crippen LogP contribution is -2.33. The maximum Gasteiger partial charge on any atom is 0.0786 e. The van der Waals surface area contributed by atoms with E-state index in [-0.39, 0.29) is 0 Å². The van der Waals surface area contributed by atoms with E-state index in [0.717, 1.165) is 13.0 Å². The second-order valence-electron chi connectivity index (χ2n) is 5.03. The number of nitrogens with one attached hydrogen (secondary N) is 1. The van der Waals surface area contributed by atoms with Crippen molar-refractivity contribution in [1.29, 1.82) is 0 Å². The molecular weight excluding hydrogens is 236 g/mol. The fourth-order valence-electron chi connectivity index (χ4n) is 2.15. The van der Waals surface area contributed by atoms with Crippen LogP contribution in [0, 0.1) is 6.92 Å². The zero-order chi connectivity index (χ0) is 13.7. The molecule has 2 aromatic rings. The molecule has 1 atom stereocenters. The molecule has 0 aliphatic heterocycles. The molecule has 0 amide bonds. The van der Waals surface area contributed by atoms with E-state index in [0.29, 0.717) is 13.1 Å². The van der Waals surface area contributed by atoms with Gasteiger partial charge in [-0.25, -0.2) is 0 Å². The van der Waals surface area contributed by atoms with Crippen molar-refractivity contribution >= 4 is 10.8 Å². The second kappa shape index (κ2) is 6.66. The zero-order valence-electron chi connectivity index (χ0n) is 11.4. The summed E-state index contributed by atoms with van der Waals surface area (Å²) in [5, 5.41) is 15.1. The number of aryl methyl sites for hydroxylation is 1. The molecule has 2 aromatic carbocycles. The van der Waals surface area contributed by atoms with Gasteiger partial charge in [0.25, 0.3) is 0 Å². The molecule has 1 unspecified atom stereocenters. The number of fused-ring (bicyclic) bond motifs is 1. The summed E-state index contributed by atoms with van der Waals surface area (Å²) in [4.78, 5) is 0. The Morgan fingerprint density at radius 1 is 1.16 bits per heavy atom.